The van der Waals surface area contributed by atoms with Crippen LogP contribution in [0.5, 0.6) is 11.5 Å². The lowest BCUT2D eigenvalue weighted by Crippen LogP contribution is -2.39. The second-order valence-electron chi connectivity index (χ2n) is 9.35. The number of ether oxygens (including phenoxy) is 2. The number of nitrogens with zero attached hydrogens (tertiary/aromatic N) is 2. The topological polar surface area (TPSA) is 126 Å². The van der Waals surface area contributed by atoms with Gasteiger partial charge in [0.15, 0.2) is 6.61 Å². The van der Waals surface area contributed by atoms with Crippen LogP contribution < -0.4 is 24.5 Å². The molecule has 44 heavy (non-hydrogen) atoms. The van der Waals surface area contributed by atoms with Crippen molar-refractivity contribution in [2.75, 3.05) is 29.9 Å². The van der Waals surface area contributed by atoms with Gasteiger partial charge < -0.3 is 14.8 Å². The van der Waals surface area contributed by atoms with Crippen molar-refractivity contribution in [3.8, 4) is 11.5 Å². The van der Waals surface area contributed by atoms with E-state index < -0.39 is 34.2 Å². The minimum Gasteiger partial charge on any atom is -0.495 e. The van der Waals surface area contributed by atoms with Crippen LogP contribution in [0, 0.1) is 12.7 Å². The molecule has 0 atom stereocenters. The number of halogens is 2. The zero-order valence-corrected chi connectivity index (χ0v) is 25.2. The monoisotopic (exact) mass is 638 g/mol. The normalized spacial score (nSPS) is 11.2. The summed E-state index contributed by atoms with van der Waals surface area (Å²) in [7, 11) is -2.72. The molecule has 228 valence electrons. The maximum atomic E-state index is 13.6. The van der Waals surface area contributed by atoms with Crippen LogP contribution in [0.25, 0.3) is 0 Å². The number of carbonyl (C=O) groups is 2. The van der Waals surface area contributed by atoms with Crippen LogP contribution in [0.4, 0.5) is 15.8 Å². The van der Waals surface area contributed by atoms with Gasteiger partial charge in [0.2, 0.25) is 0 Å². The first-order chi connectivity index (χ1) is 21.0. The van der Waals surface area contributed by atoms with E-state index >= 15 is 0 Å². The van der Waals surface area contributed by atoms with Crippen LogP contribution in [0.1, 0.15) is 11.1 Å². The number of carbonyl (C=O) groups excluding carboxylic acids is 2. The molecule has 0 heterocycles. The number of amides is 2. The van der Waals surface area contributed by atoms with Gasteiger partial charge in [-0.15, -0.1) is 0 Å². The first-order valence-corrected chi connectivity index (χ1v) is 14.9. The van der Waals surface area contributed by atoms with Crippen molar-refractivity contribution < 1.29 is 31.9 Å². The molecule has 0 spiro atoms. The minimum absolute atomic E-state index is 0.00147. The molecular formula is C31H28ClFN4O6S. The average Bonchev–Trinajstić information content (AvgIpc) is 3.01. The van der Waals surface area contributed by atoms with Crippen molar-refractivity contribution in [2.45, 2.75) is 11.8 Å². The molecule has 0 fully saturated rings. The van der Waals surface area contributed by atoms with E-state index in [1.807, 2.05) is 6.92 Å². The van der Waals surface area contributed by atoms with Crippen LogP contribution in [0.15, 0.2) is 101 Å². The molecule has 0 bridgehead atoms. The second kappa shape index (κ2) is 14.5. The summed E-state index contributed by atoms with van der Waals surface area (Å²) in [6, 6.07) is 22.5. The SMILES string of the molecule is COc1ccc(N(CC(=O)N/N=C\c2ccc(OCC(=O)Nc3ccc(F)cc3)cc2)S(=O)(=O)c2ccc(C)cc2)cc1Cl. The molecule has 10 nitrogen and oxygen atoms in total. The molecule has 4 rings (SSSR count). The summed E-state index contributed by atoms with van der Waals surface area (Å²) in [6.07, 6.45) is 1.37. The van der Waals surface area contributed by atoms with E-state index in [9.17, 15) is 22.4 Å². The Morgan fingerprint density at radius 2 is 1.64 bits per heavy atom. The highest BCUT2D eigenvalue weighted by molar-refractivity contribution is 7.92. The quantitative estimate of drug-likeness (QED) is 0.163. The zero-order chi connectivity index (χ0) is 31.7. The Hall–Kier alpha value is -4.94. The molecule has 4 aromatic rings. The summed E-state index contributed by atoms with van der Waals surface area (Å²) < 4.78 is 51.7. The number of methoxy groups -OCH3 is 1. The molecule has 0 saturated heterocycles. The van der Waals surface area contributed by atoms with Gasteiger partial charge in [0, 0.05) is 5.69 Å². The molecule has 13 heteroatoms. The van der Waals surface area contributed by atoms with Gasteiger partial charge in [-0.05, 0) is 91.3 Å². The lowest BCUT2D eigenvalue weighted by molar-refractivity contribution is -0.119. The van der Waals surface area contributed by atoms with E-state index in [4.69, 9.17) is 21.1 Å². The maximum absolute atomic E-state index is 13.6. The fourth-order valence-electron chi connectivity index (χ4n) is 3.84. The summed E-state index contributed by atoms with van der Waals surface area (Å²) in [4.78, 5) is 24.9. The van der Waals surface area contributed by atoms with Crippen LogP contribution in [-0.4, -0.2) is 46.7 Å². The Bertz CT molecular complexity index is 1750. The highest BCUT2D eigenvalue weighted by Gasteiger charge is 2.28. The molecule has 0 radical (unpaired) electrons. The molecule has 0 aliphatic rings. The molecule has 0 aliphatic heterocycles. The smallest absolute Gasteiger partial charge is 0.264 e. The fraction of sp³-hybridized carbons (Fsp3) is 0.129. The number of nitrogens with one attached hydrogen (secondary N) is 2. The standard InChI is InChI=1S/C31H28ClFN4O6S/c1-21-3-14-27(15-4-21)44(40,41)37(25-11-16-29(42-2)28(32)17-25)19-30(38)36-34-18-22-5-12-26(13-6-22)43-20-31(39)35-24-9-7-23(33)8-10-24/h3-18H,19-20H2,1-2H3,(H,35,39)(H,36,38)/b34-18-. The van der Waals surface area contributed by atoms with Crippen LogP contribution in [0.2, 0.25) is 5.02 Å². The predicted molar refractivity (Wildman–Crippen MR) is 166 cm³/mol. The Morgan fingerprint density at radius 3 is 2.27 bits per heavy atom. The number of hydrogen-bond donors (Lipinski definition) is 2. The molecule has 2 N–H and O–H groups in total. The molecule has 0 aliphatic carbocycles. The second-order valence-corrected chi connectivity index (χ2v) is 11.6. The van der Waals surface area contributed by atoms with Crippen molar-refractivity contribution in [3.63, 3.8) is 0 Å². The van der Waals surface area contributed by atoms with E-state index in [1.165, 1.54) is 67.9 Å². The van der Waals surface area contributed by atoms with Gasteiger partial charge in [0.1, 0.15) is 23.9 Å². The predicted octanol–water partition coefficient (Wildman–Crippen LogP) is 5.16. The summed E-state index contributed by atoms with van der Waals surface area (Å²) >= 11 is 6.25. The molecular weight excluding hydrogens is 611 g/mol. The van der Waals surface area contributed by atoms with Gasteiger partial charge in [-0.25, -0.2) is 18.2 Å². The van der Waals surface area contributed by atoms with Crippen molar-refractivity contribution in [1.29, 1.82) is 0 Å². The lowest BCUT2D eigenvalue weighted by atomic mass is 10.2. The number of aryl methyl sites for hydroxylation is 1. The molecule has 2 amide bonds. The van der Waals surface area contributed by atoms with Gasteiger partial charge >= 0.3 is 0 Å². The third kappa shape index (κ3) is 8.55. The van der Waals surface area contributed by atoms with Crippen molar-refractivity contribution in [1.82, 2.24) is 5.43 Å². The summed E-state index contributed by atoms with van der Waals surface area (Å²) in [6.45, 7) is 0.991. The van der Waals surface area contributed by atoms with Crippen molar-refractivity contribution in [3.05, 3.63) is 113 Å². The van der Waals surface area contributed by atoms with Gasteiger partial charge in [-0.3, -0.25) is 13.9 Å². The van der Waals surface area contributed by atoms with Crippen LogP contribution >= 0.6 is 11.6 Å². The summed E-state index contributed by atoms with van der Waals surface area (Å²) in [5.74, 6) is -0.761. The fourth-order valence-corrected chi connectivity index (χ4v) is 5.50. The number of hydrazone groups is 1. The van der Waals surface area contributed by atoms with Crippen LogP contribution in [-0.2, 0) is 19.6 Å². The summed E-state index contributed by atoms with van der Waals surface area (Å²) in [5.41, 5.74) is 4.42. The first-order valence-electron chi connectivity index (χ1n) is 13.1. The number of anilines is 2. The largest absolute Gasteiger partial charge is 0.495 e. The van der Waals surface area contributed by atoms with Gasteiger partial charge in [0.25, 0.3) is 21.8 Å². The van der Waals surface area contributed by atoms with Crippen molar-refractivity contribution in [2.24, 2.45) is 5.10 Å². The van der Waals surface area contributed by atoms with Crippen LogP contribution in [0.3, 0.4) is 0 Å². The first kappa shape index (κ1) is 32.0. The number of hydrogen-bond acceptors (Lipinski definition) is 7. The number of benzene rings is 4. The zero-order valence-electron chi connectivity index (χ0n) is 23.7. The minimum atomic E-state index is -4.15. The van der Waals surface area contributed by atoms with E-state index in [1.54, 1.807) is 36.4 Å². The van der Waals surface area contributed by atoms with E-state index in [0.717, 1.165) is 9.87 Å². The molecule has 0 unspecified atom stereocenters. The third-order valence-corrected chi connectivity index (χ3v) is 8.18. The molecule has 0 aromatic heterocycles. The highest BCUT2D eigenvalue weighted by atomic mass is 35.5. The Labute approximate surface area is 259 Å². The molecule has 0 saturated carbocycles. The van der Waals surface area contributed by atoms with E-state index in [0.29, 0.717) is 22.7 Å². The van der Waals surface area contributed by atoms with Gasteiger partial charge in [-0.2, -0.15) is 5.10 Å². The number of rotatable bonds is 12. The van der Waals surface area contributed by atoms with E-state index in [2.05, 4.69) is 15.8 Å². The van der Waals surface area contributed by atoms with Crippen molar-refractivity contribution >= 4 is 51.0 Å². The maximum Gasteiger partial charge on any atom is 0.264 e. The average molecular weight is 639 g/mol. The Kier molecular flexibility index (Phi) is 10.5. The molecule has 4 aromatic carbocycles. The number of sulfonamides is 1. The highest BCUT2D eigenvalue weighted by Crippen LogP contribution is 2.32. The Balaban J connectivity index is 1.38. The third-order valence-electron chi connectivity index (χ3n) is 6.10. The van der Waals surface area contributed by atoms with Gasteiger partial charge in [0.05, 0.1) is 28.9 Å². The Morgan fingerprint density at radius 1 is 0.955 bits per heavy atom. The summed E-state index contributed by atoms with van der Waals surface area (Å²) in [5, 5.41) is 6.70. The van der Waals surface area contributed by atoms with E-state index in [-0.39, 0.29) is 22.2 Å². The lowest BCUT2D eigenvalue weighted by Gasteiger charge is -2.24. The van der Waals surface area contributed by atoms with Gasteiger partial charge in [-0.1, -0.05) is 29.3 Å².